The number of nitrogens with zero attached hydrogens (tertiary/aromatic N) is 2. The fraction of sp³-hybridized carbons (Fsp3) is 0.846. The average molecular weight is 517 g/mol. The number of unbranched alkanes of at least 4 members (excludes halogenated alkanes) is 14. The van der Waals surface area contributed by atoms with Crippen LogP contribution in [0.2, 0.25) is 0 Å². The van der Waals surface area contributed by atoms with Crippen LogP contribution in [0.5, 0.6) is 0 Å². The van der Waals surface area contributed by atoms with E-state index in [9.17, 15) is 4.79 Å². The molecule has 0 aliphatic heterocycles. The van der Waals surface area contributed by atoms with Crippen molar-refractivity contribution >= 4 is 6.09 Å². The van der Waals surface area contributed by atoms with Crippen molar-refractivity contribution in [1.29, 1.82) is 0 Å². The zero-order chi connectivity index (χ0) is 22.4. The number of ether oxygens (including phenoxy) is 1. The molecule has 1 N–H and O–H groups in total. The van der Waals surface area contributed by atoms with Crippen molar-refractivity contribution < 1.29 is 31.1 Å². The minimum Gasteiger partial charge on any atom is -1.00 e. The van der Waals surface area contributed by atoms with Crippen molar-refractivity contribution in [2.75, 3.05) is 13.2 Å². The molecule has 0 aliphatic rings. The van der Waals surface area contributed by atoms with Crippen molar-refractivity contribution in [3.63, 3.8) is 0 Å². The molecule has 1 amide bonds. The first-order valence-corrected chi connectivity index (χ1v) is 13.2. The van der Waals surface area contributed by atoms with Gasteiger partial charge in [0, 0.05) is 6.54 Å². The lowest BCUT2D eigenvalue weighted by atomic mass is 10.0. The van der Waals surface area contributed by atoms with E-state index in [0.717, 1.165) is 19.4 Å². The number of rotatable bonds is 21. The topological polar surface area (TPSA) is 47.1 Å². The van der Waals surface area contributed by atoms with Gasteiger partial charge in [0.2, 0.25) is 6.33 Å². The van der Waals surface area contributed by atoms with Crippen molar-refractivity contribution in [3.8, 4) is 0 Å². The molecule has 0 aliphatic carbocycles. The molecule has 0 aromatic carbocycles. The summed E-state index contributed by atoms with van der Waals surface area (Å²) in [7, 11) is 0. The van der Waals surface area contributed by atoms with Gasteiger partial charge >= 0.3 is 6.09 Å². The summed E-state index contributed by atoms with van der Waals surface area (Å²) < 4.78 is 9.53. The van der Waals surface area contributed by atoms with Crippen molar-refractivity contribution in [1.82, 2.24) is 9.88 Å². The van der Waals surface area contributed by atoms with E-state index in [1.54, 1.807) is 0 Å². The van der Waals surface area contributed by atoms with Gasteiger partial charge in [-0.15, -0.1) is 0 Å². The first kappa shape index (κ1) is 31.0. The van der Waals surface area contributed by atoms with Crippen LogP contribution in [0.25, 0.3) is 0 Å². The van der Waals surface area contributed by atoms with Gasteiger partial charge in [0.15, 0.2) is 0 Å². The molecule has 1 heterocycles. The van der Waals surface area contributed by atoms with Crippen LogP contribution < -0.4 is 26.9 Å². The molecule has 0 fully saturated rings. The average Bonchev–Trinajstić information content (AvgIpc) is 3.22. The number of aromatic nitrogens is 2. The van der Waals surface area contributed by atoms with Gasteiger partial charge in [-0.25, -0.2) is 13.9 Å². The Hall–Kier alpha value is -1.04. The smallest absolute Gasteiger partial charge is 0.407 e. The molecule has 0 radical (unpaired) electrons. The van der Waals surface area contributed by atoms with Gasteiger partial charge in [-0.1, -0.05) is 97.3 Å². The second-order valence-corrected chi connectivity index (χ2v) is 8.90. The molecule has 0 unspecified atom stereocenters. The van der Waals surface area contributed by atoms with Gasteiger partial charge in [-0.2, -0.15) is 0 Å². The normalized spacial score (nSPS) is 10.7. The molecule has 0 spiro atoms. The van der Waals surface area contributed by atoms with E-state index in [4.69, 9.17) is 4.74 Å². The van der Waals surface area contributed by atoms with E-state index in [-0.39, 0.29) is 23.1 Å². The van der Waals surface area contributed by atoms with Gasteiger partial charge < -0.3 is 27.0 Å². The zero-order valence-electron chi connectivity index (χ0n) is 21.0. The van der Waals surface area contributed by atoms with Crippen LogP contribution in [0.3, 0.4) is 0 Å². The van der Waals surface area contributed by atoms with Crippen LogP contribution in [-0.4, -0.2) is 23.8 Å². The van der Waals surface area contributed by atoms with Crippen LogP contribution in [0.15, 0.2) is 18.7 Å². The Labute approximate surface area is 208 Å². The summed E-state index contributed by atoms with van der Waals surface area (Å²) in [6.07, 6.45) is 27.6. The molecule has 32 heavy (non-hydrogen) atoms. The Morgan fingerprint density at radius 2 is 1.34 bits per heavy atom. The van der Waals surface area contributed by atoms with E-state index in [1.165, 1.54) is 89.9 Å². The number of aryl methyl sites for hydroxylation is 1. The number of halogens is 1. The maximum atomic E-state index is 11.5. The highest BCUT2D eigenvalue weighted by Crippen LogP contribution is 2.12. The third-order valence-corrected chi connectivity index (χ3v) is 5.90. The molecule has 0 bridgehead atoms. The number of carbonyl (C=O) groups is 1. The standard InChI is InChI=1S/C26H49N3O2.BrH/c1-3-5-7-8-9-10-11-12-13-14-15-16-17-18-20-28-21-22-29(25-28)23-24-31-26(30)27-19-6-4-2;/h21-22,25H,3-20,23-24H2,1-2H3;1H. The Morgan fingerprint density at radius 3 is 1.91 bits per heavy atom. The minimum atomic E-state index is -0.309. The largest absolute Gasteiger partial charge is 1.00 e. The summed E-state index contributed by atoms with van der Waals surface area (Å²) in [4.78, 5) is 11.5. The Morgan fingerprint density at radius 1 is 0.812 bits per heavy atom. The highest BCUT2D eigenvalue weighted by molar-refractivity contribution is 5.66. The fourth-order valence-corrected chi connectivity index (χ4v) is 3.85. The first-order chi connectivity index (χ1) is 15.3. The maximum absolute atomic E-state index is 11.5. The molecule has 1 aromatic heterocycles. The van der Waals surface area contributed by atoms with Crippen molar-refractivity contribution in [3.05, 3.63) is 18.7 Å². The SMILES string of the molecule is CCCCCCCCCCCCCCCC[n+]1ccn(CCOC(=O)NCCCC)c1.[Br-]. The van der Waals surface area contributed by atoms with E-state index in [2.05, 4.69) is 47.0 Å². The fourth-order valence-electron chi connectivity index (χ4n) is 3.85. The molecule has 0 saturated heterocycles. The number of hydrogen-bond acceptors (Lipinski definition) is 2. The summed E-state index contributed by atoms with van der Waals surface area (Å²) in [6, 6.07) is 0. The minimum absolute atomic E-state index is 0. The van der Waals surface area contributed by atoms with Crippen LogP contribution in [0.1, 0.15) is 117 Å². The number of hydrogen-bond donors (Lipinski definition) is 1. The first-order valence-electron chi connectivity index (χ1n) is 13.2. The van der Waals surface area contributed by atoms with Gasteiger partial charge in [-0.3, -0.25) is 0 Å². The summed E-state index contributed by atoms with van der Waals surface area (Å²) in [5.74, 6) is 0. The van der Waals surface area contributed by atoms with E-state index in [0.29, 0.717) is 19.7 Å². The van der Waals surface area contributed by atoms with Gasteiger partial charge in [0.1, 0.15) is 25.5 Å². The Kier molecular flexibility index (Phi) is 22.4. The highest BCUT2D eigenvalue weighted by atomic mass is 79.9. The molecular weight excluding hydrogens is 466 g/mol. The van der Waals surface area contributed by atoms with Crippen molar-refractivity contribution in [2.45, 2.75) is 130 Å². The van der Waals surface area contributed by atoms with Crippen LogP contribution in [0.4, 0.5) is 4.79 Å². The Bertz CT molecular complexity index is 537. The second kappa shape index (κ2) is 23.1. The molecule has 1 aromatic rings. The molecule has 0 atom stereocenters. The lowest BCUT2D eigenvalue weighted by molar-refractivity contribution is -0.696. The predicted octanol–water partition coefficient (Wildman–Crippen LogP) is 3.79. The monoisotopic (exact) mass is 515 g/mol. The summed E-state index contributed by atoms with van der Waals surface area (Å²) in [5.41, 5.74) is 0. The van der Waals surface area contributed by atoms with Gasteiger partial charge in [0.25, 0.3) is 0 Å². The summed E-state index contributed by atoms with van der Waals surface area (Å²) in [5, 5.41) is 2.77. The maximum Gasteiger partial charge on any atom is 0.407 e. The second-order valence-electron chi connectivity index (χ2n) is 8.90. The summed E-state index contributed by atoms with van der Waals surface area (Å²) >= 11 is 0. The predicted molar refractivity (Wildman–Crippen MR) is 129 cm³/mol. The molecule has 0 saturated carbocycles. The molecule has 188 valence electrons. The molecule has 5 nitrogen and oxygen atoms in total. The third-order valence-electron chi connectivity index (χ3n) is 5.90. The number of amides is 1. The van der Waals surface area contributed by atoms with E-state index >= 15 is 0 Å². The van der Waals surface area contributed by atoms with Gasteiger partial charge in [0.05, 0.1) is 6.54 Å². The Balaban J connectivity index is 0.00000961. The van der Waals surface area contributed by atoms with E-state index in [1.807, 2.05) is 0 Å². The van der Waals surface area contributed by atoms with Crippen molar-refractivity contribution in [2.24, 2.45) is 0 Å². The van der Waals surface area contributed by atoms with Crippen LogP contribution in [0, 0.1) is 0 Å². The number of alkyl carbamates (subject to hydrolysis) is 1. The van der Waals surface area contributed by atoms with Crippen LogP contribution in [-0.2, 0) is 17.8 Å². The quantitative estimate of drug-likeness (QED) is 0.200. The zero-order valence-corrected chi connectivity index (χ0v) is 22.5. The van der Waals surface area contributed by atoms with Crippen LogP contribution >= 0.6 is 0 Å². The van der Waals surface area contributed by atoms with Gasteiger partial charge in [-0.05, 0) is 19.3 Å². The lowest BCUT2D eigenvalue weighted by Crippen LogP contribution is -3.00. The van der Waals surface area contributed by atoms with E-state index < -0.39 is 0 Å². The lowest BCUT2D eigenvalue weighted by Gasteiger charge is -2.04. The highest BCUT2D eigenvalue weighted by Gasteiger charge is 2.06. The molecular formula is C26H50BrN3O2. The number of nitrogens with one attached hydrogen (secondary N) is 1. The summed E-state index contributed by atoms with van der Waals surface area (Å²) in [6.45, 7) is 7.26. The number of imidazole rings is 1. The third kappa shape index (κ3) is 18.5. The molecule has 6 heteroatoms. The molecule has 1 rings (SSSR count). The number of carbonyl (C=O) groups excluding carboxylic acids is 1.